The average molecular weight is 228 g/mol. The highest BCUT2D eigenvalue weighted by Crippen LogP contribution is 2.40. The summed E-state index contributed by atoms with van der Waals surface area (Å²) in [6, 6.07) is 1.96. The number of amides is 1. The molecule has 0 saturated heterocycles. The van der Waals surface area contributed by atoms with E-state index in [1.807, 2.05) is 6.92 Å². The van der Waals surface area contributed by atoms with Gasteiger partial charge in [0, 0.05) is 28.9 Å². The SMILES string of the molecule is CC(CS(C)=O)NC(=O)C1(C#N)CCC1. The number of rotatable bonds is 4. The number of hydrogen-bond donors (Lipinski definition) is 1. The largest absolute Gasteiger partial charge is 0.351 e. The first-order chi connectivity index (χ1) is 7.00. The van der Waals surface area contributed by atoms with Crippen molar-refractivity contribution < 1.29 is 9.00 Å². The van der Waals surface area contributed by atoms with Gasteiger partial charge in [-0.1, -0.05) is 0 Å². The van der Waals surface area contributed by atoms with Gasteiger partial charge in [-0.25, -0.2) is 0 Å². The highest BCUT2D eigenvalue weighted by atomic mass is 32.2. The van der Waals surface area contributed by atoms with E-state index in [4.69, 9.17) is 5.26 Å². The minimum Gasteiger partial charge on any atom is -0.351 e. The standard InChI is InChI=1S/C10H16N2O2S/c1-8(6-15(2)14)12-9(13)10(7-11)4-3-5-10/h8H,3-6H2,1-2H3,(H,12,13). The first-order valence-corrected chi connectivity index (χ1v) is 6.75. The Morgan fingerprint density at radius 1 is 1.67 bits per heavy atom. The van der Waals surface area contributed by atoms with E-state index >= 15 is 0 Å². The van der Waals surface area contributed by atoms with Crippen molar-refractivity contribution in [3.8, 4) is 6.07 Å². The summed E-state index contributed by atoms with van der Waals surface area (Å²) >= 11 is 0. The van der Waals surface area contributed by atoms with E-state index in [-0.39, 0.29) is 11.9 Å². The smallest absolute Gasteiger partial charge is 0.240 e. The number of nitrogens with one attached hydrogen (secondary N) is 1. The summed E-state index contributed by atoms with van der Waals surface area (Å²) in [5, 5.41) is 11.7. The van der Waals surface area contributed by atoms with Gasteiger partial charge in [0.2, 0.25) is 5.91 Å². The van der Waals surface area contributed by atoms with E-state index in [1.165, 1.54) is 0 Å². The molecule has 0 heterocycles. The summed E-state index contributed by atoms with van der Waals surface area (Å²) in [7, 11) is -0.922. The molecule has 0 spiro atoms. The Balaban J connectivity index is 2.48. The van der Waals surface area contributed by atoms with Crippen LogP contribution < -0.4 is 5.32 Å². The van der Waals surface area contributed by atoms with E-state index in [0.717, 1.165) is 6.42 Å². The maximum atomic E-state index is 11.7. The van der Waals surface area contributed by atoms with E-state index in [2.05, 4.69) is 11.4 Å². The molecule has 4 nitrogen and oxygen atoms in total. The van der Waals surface area contributed by atoms with Gasteiger partial charge in [-0.2, -0.15) is 5.26 Å². The zero-order chi connectivity index (χ0) is 11.5. The molecule has 0 radical (unpaired) electrons. The van der Waals surface area contributed by atoms with Crippen LogP contribution in [0.4, 0.5) is 0 Å². The van der Waals surface area contributed by atoms with Gasteiger partial charge >= 0.3 is 0 Å². The van der Waals surface area contributed by atoms with Gasteiger partial charge in [0.1, 0.15) is 5.41 Å². The van der Waals surface area contributed by atoms with Crippen LogP contribution in [-0.2, 0) is 15.6 Å². The van der Waals surface area contributed by atoms with Crippen LogP contribution in [0.25, 0.3) is 0 Å². The van der Waals surface area contributed by atoms with Crippen LogP contribution in [0.2, 0.25) is 0 Å². The quantitative estimate of drug-likeness (QED) is 0.764. The zero-order valence-corrected chi connectivity index (χ0v) is 9.89. The highest BCUT2D eigenvalue weighted by molar-refractivity contribution is 7.84. The van der Waals surface area contributed by atoms with E-state index in [0.29, 0.717) is 18.6 Å². The predicted molar refractivity (Wildman–Crippen MR) is 58.4 cm³/mol. The molecule has 84 valence electrons. The normalized spacial score (nSPS) is 21.9. The predicted octanol–water partition coefficient (Wildman–Crippen LogP) is 0.563. The fourth-order valence-electron chi connectivity index (χ4n) is 1.68. The third-order valence-electron chi connectivity index (χ3n) is 2.72. The number of carbonyl (C=O) groups is 1. The van der Waals surface area contributed by atoms with Gasteiger partial charge in [0.25, 0.3) is 0 Å². The second kappa shape index (κ2) is 4.75. The zero-order valence-electron chi connectivity index (χ0n) is 9.08. The Hall–Kier alpha value is -0.890. The van der Waals surface area contributed by atoms with Gasteiger partial charge in [-0.15, -0.1) is 0 Å². The molecule has 1 amide bonds. The fraction of sp³-hybridized carbons (Fsp3) is 0.800. The first-order valence-electron chi connectivity index (χ1n) is 5.02. The lowest BCUT2D eigenvalue weighted by Gasteiger charge is -2.34. The Kier molecular flexibility index (Phi) is 3.86. The molecule has 1 rings (SSSR count). The van der Waals surface area contributed by atoms with E-state index < -0.39 is 16.2 Å². The molecule has 5 heteroatoms. The molecule has 2 atom stereocenters. The van der Waals surface area contributed by atoms with Crippen LogP contribution >= 0.6 is 0 Å². The van der Waals surface area contributed by atoms with Gasteiger partial charge in [-0.05, 0) is 26.2 Å². The van der Waals surface area contributed by atoms with Crippen molar-refractivity contribution in [2.75, 3.05) is 12.0 Å². The fourth-order valence-corrected chi connectivity index (χ4v) is 2.46. The molecule has 1 saturated carbocycles. The Labute approximate surface area is 92.5 Å². The topological polar surface area (TPSA) is 70.0 Å². The van der Waals surface area contributed by atoms with Crippen molar-refractivity contribution in [1.29, 1.82) is 5.26 Å². The van der Waals surface area contributed by atoms with Gasteiger partial charge in [0.15, 0.2) is 0 Å². The summed E-state index contributed by atoms with van der Waals surface area (Å²) in [6.45, 7) is 1.81. The average Bonchev–Trinajstić information content (AvgIpc) is 2.00. The summed E-state index contributed by atoms with van der Waals surface area (Å²) in [4.78, 5) is 11.7. The van der Waals surface area contributed by atoms with Crippen molar-refractivity contribution in [3.63, 3.8) is 0 Å². The molecular formula is C10H16N2O2S. The molecule has 1 aliphatic rings. The maximum absolute atomic E-state index is 11.7. The van der Waals surface area contributed by atoms with Crippen molar-refractivity contribution in [1.82, 2.24) is 5.32 Å². The molecular weight excluding hydrogens is 212 g/mol. The number of nitrogens with zero attached hydrogens (tertiary/aromatic N) is 1. The van der Waals surface area contributed by atoms with Gasteiger partial charge in [0.05, 0.1) is 6.07 Å². The first kappa shape index (κ1) is 12.2. The van der Waals surface area contributed by atoms with Crippen LogP contribution in [0.3, 0.4) is 0 Å². The Bertz CT molecular complexity index is 318. The molecule has 0 aromatic heterocycles. The molecule has 0 aromatic rings. The summed E-state index contributed by atoms with van der Waals surface area (Å²) in [6.07, 6.45) is 3.84. The van der Waals surface area contributed by atoms with E-state index in [9.17, 15) is 9.00 Å². The van der Waals surface area contributed by atoms with Crippen molar-refractivity contribution in [3.05, 3.63) is 0 Å². The van der Waals surface area contributed by atoms with Crippen molar-refractivity contribution in [2.24, 2.45) is 5.41 Å². The molecule has 2 unspecified atom stereocenters. The summed E-state index contributed by atoms with van der Waals surface area (Å²) in [5.41, 5.74) is -0.802. The Morgan fingerprint density at radius 2 is 2.27 bits per heavy atom. The molecule has 1 aliphatic carbocycles. The van der Waals surface area contributed by atoms with Gasteiger partial charge in [-0.3, -0.25) is 9.00 Å². The monoisotopic (exact) mass is 228 g/mol. The van der Waals surface area contributed by atoms with Crippen LogP contribution in [0.1, 0.15) is 26.2 Å². The maximum Gasteiger partial charge on any atom is 0.240 e. The van der Waals surface area contributed by atoms with E-state index in [1.54, 1.807) is 6.26 Å². The third kappa shape index (κ3) is 2.78. The summed E-state index contributed by atoms with van der Waals surface area (Å²) in [5.74, 6) is 0.238. The van der Waals surface area contributed by atoms with Crippen molar-refractivity contribution >= 4 is 16.7 Å². The minimum atomic E-state index is -0.922. The van der Waals surface area contributed by atoms with Gasteiger partial charge < -0.3 is 5.32 Å². The van der Waals surface area contributed by atoms with Crippen LogP contribution in [0.15, 0.2) is 0 Å². The third-order valence-corrected chi connectivity index (χ3v) is 3.69. The van der Waals surface area contributed by atoms with Crippen LogP contribution in [-0.4, -0.2) is 28.2 Å². The lowest BCUT2D eigenvalue weighted by molar-refractivity contribution is -0.132. The van der Waals surface area contributed by atoms with Crippen LogP contribution in [0.5, 0.6) is 0 Å². The minimum absolute atomic E-state index is 0.130. The molecule has 1 fully saturated rings. The summed E-state index contributed by atoms with van der Waals surface area (Å²) < 4.78 is 10.9. The lowest BCUT2D eigenvalue weighted by Crippen LogP contribution is -2.48. The molecule has 0 aliphatic heterocycles. The van der Waals surface area contributed by atoms with Crippen molar-refractivity contribution in [2.45, 2.75) is 32.2 Å². The number of carbonyl (C=O) groups excluding carboxylic acids is 1. The molecule has 15 heavy (non-hydrogen) atoms. The lowest BCUT2D eigenvalue weighted by atomic mass is 9.69. The van der Waals surface area contributed by atoms with Crippen LogP contribution in [0, 0.1) is 16.7 Å². The molecule has 1 N–H and O–H groups in total. The second-order valence-electron chi connectivity index (χ2n) is 4.16. The number of hydrogen-bond acceptors (Lipinski definition) is 3. The molecule has 0 aromatic carbocycles. The number of nitriles is 1. The second-order valence-corrected chi connectivity index (χ2v) is 5.64. The molecule has 0 bridgehead atoms. The Morgan fingerprint density at radius 3 is 2.60 bits per heavy atom. The highest BCUT2D eigenvalue weighted by Gasteiger charge is 2.44.